The quantitative estimate of drug-likeness (QED) is 0.322. The van der Waals surface area contributed by atoms with Gasteiger partial charge in [0.05, 0.1) is 0 Å². The van der Waals surface area contributed by atoms with Crippen LogP contribution in [0.4, 0.5) is 0 Å². The largest absolute Gasteiger partial charge is 0.483 e. The number of halogens is 1. The molecule has 0 aromatic heterocycles. The minimum atomic E-state index is -0.652. The van der Waals surface area contributed by atoms with Crippen molar-refractivity contribution >= 4 is 27.7 Å². The van der Waals surface area contributed by atoms with E-state index in [-0.39, 0.29) is 24.5 Å². The van der Waals surface area contributed by atoms with E-state index in [1.54, 1.807) is 4.90 Å². The van der Waals surface area contributed by atoms with E-state index in [1.807, 2.05) is 86.6 Å². The van der Waals surface area contributed by atoms with Crippen LogP contribution in [0.5, 0.6) is 5.75 Å². The molecule has 0 aliphatic heterocycles. The fraction of sp³-hybridized carbons (Fsp3) is 0.355. The predicted molar refractivity (Wildman–Crippen MR) is 150 cm³/mol. The van der Waals surface area contributed by atoms with E-state index in [1.165, 1.54) is 0 Å². The number of ether oxygens (including phenoxy) is 1. The molecule has 0 spiro atoms. The molecule has 1 aliphatic carbocycles. The zero-order valence-corrected chi connectivity index (χ0v) is 23.2. The maximum Gasteiger partial charge on any atom is 0.261 e. The molecular weight excluding hydrogens is 528 g/mol. The number of rotatable bonds is 10. The molecule has 37 heavy (non-hydrogen) atoms. The van der Waals surface area contributed by atoms with Crippen LogP contribution in [0.15, 0.2) is 77.3 Å². The molecule has 6 heteroatoms. The van der Waals surface area contributed by atoms with Gasteiger partial charge in [-0.3, -0.25) is 9.59 Å². The maximum atomic E-state index is 13.8. The Labute approximate surface area is 228 Å². The lowest BCUT2D eigenvalue weighted by Gasteiger charge is -2.32. The monoisotopic (exact) mass is 562 g/mol. The van der Waals surface area contributed by atoms with Crippen molar-refractivity contribution in [3.05, 3.63) is 99.5 Å². The topological polar surface area (TPSA) is 58.6 Å². The first-order valence-corrected chi connectivity index (χ1v) is 13.8. The van der Waals surface area contributed by atoms with E-state index in [0.29, 0.717) is 18.7 Å². The molecule has 0 unspecified atom stereocenters. The molecule has 0 bridgehead atoms. The van der Waals surface area contributed by atoms with Crippen LogP contribution >= 0.6 is 15.9 Å². The van der Waals surface area contributed by atoms with Gasteiger partial charge >= 0.3 is 0 Å². The van der Waals surface area contributed by atoms with Gasteiger partial charge in [-0.2, -0.15) is 0 Å². The molecule has 0 radical (unpaired) electrons. The fourth-order valence-electron chi connectivity index (χ4n) is 4.81. The van der Waals surface area contributed by atoms with E-state index in [0.717, 1.165) is 52.4 Å². The van der Waals surface area contributed by atoms with Crippen LogP contribution in [0.3, 0.4) is 0 Å². The zero-order valence-electron chi connectivity index (χ0n) is 21.6. The maximum absolute atomic E-state index is 13.8. The Bertz CT molecular complexity index is 1190. The number of aryl methyl sites for hydroxylation is 1. The molecule has 3 aromatic rings. The highest BCUT2D eigenvalue weighted by molar-refractivity contribution is 9.10. The van der Waals surface area contributed by atoms with Crippen LogP contribution in [0.1, 0.15) is 47.9 Å². The highest BCUT2D eigenvalue weighted by Crippen LogP contribution is 2.23. The summed E-state index contributed by atoms with van der Waals surface area (Å²) in [5, 5.41) is 3.24. The van der Waals surface area contributed by atoms with Gasteiger partial charge in [-0.15, -0.1) is 0 Å². The van der Waals surface area contributed by atoms with Crippen molar-refractivity contribution in [2.45, 2.75) is 64.6 Å². The molecule has 1 atom stereocenters. The van der Waals surface area contributed by atoms with Gasteiger partial charge < -0.3 is 15.0 Å². The van der Waals surface area contributed by atoms with E-state index in [2.05, 4.69) is 21.2 Å². The van der Waals surface area contributed by atoms with Crippen LogP contribution in [0.25, 0.3) is 0 Å². The van der Waals surface area contributed by atoms with Crippen molar-refractivity contribution in [3.63, 3.8) is 0 Å². The molecule has 194 valence electrons. The highest BCUT2D eigenvalue weighted by atomic mass is 79.9. The highest BCUT2D eigenvalue weighted by Gasteiger charge is 2.32. The predicted octanol–water partition coefficient (Wildman–Crippen LogP) is 6.14. The summed E-state index contributed by atoms with van der Waals surface area (Å²) >= 11 is 3.48. The number of nitrogens with zero attached hydrogens (tertiary/aromatic N) is 1. The van der Waals surface area contributed by atoms with E-state index in [4.69, 9.17) is 4.74 Å². The third kappa shape index (κ3) is 7.45. The smallest absolute Gasteiger partial charge is 0.261 e. The molecule has 3 aromatic carbocycles. The number of nitrogens with one attached hydrogen (secondary N) is 1. The minimum Gasteiger partial charge on any atom is -0.483 e. The first kappa shape index (κ1) is 26.9. The molecule has 0 heterocycles. The van der Waals surface area contributed by atoms with Gasteiger partial charge in [-0.1, -0.05) is 83.4 Å². The number of carbonyl (C=O) groups is 2. The first-order valence-electron chi connectivity index (χ1n) is 13.0. The minimum absolute atomic E-state index is 0.104. The van der Waals surface area contributed by atoms with Gasteiger partial charge in [0, 0.05) is 23.5 Å². The summed E-state index contributed by atoms with van der Waals surface area (Å²) in [6.45, 7) is 4.19. The standard InChI is InChI=1S/C31H35BrN2O3/c1-22-9-8-14-29(23(22)2)37-21-30(35)34(20-25-15-17-26(32)18-16-25)28(19-24-10-4-3-5-11-24)31(36)33-27-12-6-7-13-27/h3-5,8-11,14-18,27-28H,6-7,12-13,19-21H2,1-2H3,(H,33,36)/t28-/m0/s1. The molecule has 2 amide bonds. The Balaban J connectivity index is 1.62. The molecule has 1 N–H and O–H groups in total. The molecule has 4 rings (SSSR count). The van der Waals surface area contributed by atoms with Gasteiger partial charge in [0.25, 0.3) is 5.91 Å². The van der Waals surface area contributed by atoms with Crippen LogP contribution in [0.2, 0.25) is 0 Å². The van der Waals surface area contributed by atoms with Gasteiger partial charge in [0.2, 0.25) is 5.91 Å². The van der Waals surface area contributed by atoms with E-state index < -0.39 is 6.04 Å². The average Bonchev–Trinajstić information content (AvgIpc) is 3.41. The van der Waals surface area contributed by atoms with E-state index >= 15 is 0 Å². The number of hydrogen-bond acceptors (Lipinski definition) is 3. The Kier molecular flexibility index (Phi) is 9.40. The zero-order chi connectivity index (χ0) is 26.2. The Morgan fingerprint density at radius 2 is 1.65 bits per heavy atom. The van der Waals surface area contributed by atoms with Crippen molar-refractivity contribution < 1.29 is 14.3 Å². The summed E-state index contributed by atoms with van der Waals surface area (Å²) < 4.78 is 6.97. The van der Waals surface area contributed by atoms with Crippen molar-refractivity contribution in [1.29, 1.82) is 0 Å². The third-order valence-corrected chi connectivity index (χ3v) is 7.67. The Hall–Kier alpha value is -3.12. The average molecular weight is 564 g/mol. The van der Waals surface area contributed by atoms with E-state index in [9.17, 15) is 9.59 Å². The lowest BCUT2D eigenvalue weighted by molar-refractivity contribution is -0.143. The molecule has 1 saturated carbocycles. The van der Waals surface area contributed by atoms with Crippen molar-refractivity contribution in [2.75, 3.05) is 6.61 Å². The second-order valence-corrected chi connectivity index (χ2v) is 10.7. The second-order valence-electron chi connectivity index (χ2n) is 9.83. The normalized spacial score (nSPS) is 14.2. The van der Waals surface area contributed by atoms with Crippen LogP contribution in [-0.4, -0.2) is 35.4 Å². The van der Waals surface area contributed by atoms with Crippen molar-refractivity contribution in [2.24, 2.45) is 0 Å². The summed E-state index contributed by atoms with van der Waals surface area (Å²) in [6, 6.07) is 23.1. The van der Waals surface area contributed by atoms with Crippen molar-refractivity contribution in [3.8, 4) is 5.75 Å². The molecule has 1 aliphatic rings. The first-order chi connectivity index (χ1) is 17.9. The molecule has 5 nitrogen and oxygen atoms in total. The number of carbonyl (C=O) groups excluding carboxylic acids is 2. The Morgan fingerprint density at radius 3 is 2.35 bits per heavy atom. The van der Waals surface area contributed by atoms with Crippen LogP contribution in [0, 0.1) is 13.8 Å². The van der Waals surface area contributed by atoms with Gasteiger partial charge in [-0.05, 0) is 67.1 Å². The number of amides is 2. The lowest BCUT2D eigenvalue weighted by atomic mass is 10.0. The van der Waals surface area contributed by atoms with Crippen LogP contribution in [-0.2, 0) is 22.6 Å². The number of benzene rings is 3. The lowest BCUT2D eigenvalue weighted by Crippen LogP contribution is -2.53. The Morgan fingerprint density at radius 1 is 0.946 bits per heavy atom. The summed E-state index contributed by atoms with van der Waals surface area (Å²) in [7, 11) is 0. The fourth-order valence-corrected chi connectivity index (χ4v) is 5.08. The molecular formula is C31H35BrN2O3. The number of hydrogen-bond donors (Lipinski definition) is 1. The third-order valence-electron chi connectivity index (χ3n) is 7.14. The SMILES string of the molecule is Cc1cccc(OCC(=O)N(Cc2ccc(Br)cc2)[C@@H](Cc2ccccc2)C(=O)NC2CCCC2)c1C. The molecule has 0 saturated heterocycles. The molecule has 1 fully saturated rings. The van der Waals surface area contributed by atoms with Gasteiger partial charge in [-0.25, -0.2) is 0 Å². The van der Waals surface area contributed by atoms with Crippen LogP contribution < -0.4 is 10.1 Å². The summed E-state index contributed by atoms with van der Waals surface area (Å²) in [4.78, 5) is 29.2. The van der Waals surface area contributed by atoms with Gasteiger partial charge in [0.15, 0.2) is 6.61 Å². The summed E-state index contributed by atoms with van der Waals surface area (Å²) in [5.41, 5.74) is 4.08. The second kappa shape index (κ2) is 12.9. The summed E-state index contributed by atoms with van der Waals surface area (Å²) in [5.74, 6) is 0.367. The van der Waals surface area contributed by atoms with Crippen molar-refractivity contribution in [1.82, 2.24) is 10.2 Å². The van der Waals surface area contributed by atoms with Gasteiger partial charge in [0.1, 0.15) is 11.8 Å². The summed E-state index contributed by atoms with van der Waals surface area (Å²) in [6.07, 6.45) is 4.66.